The molecule has 1 aliphatic heterocycles. The van der Waals surface area contributed by atoms with E-state index >= 15 is 0 Å². The number of aromatic nitrogens is 1. The van der Waals surface area contributed by atoms with Crippen LogP contribution in [0, 0.1) is 11.5 Å². The molecule has 0 saturated heterocycles. The SMILES string of the molecule is CC1(C)Cc2ccccc2[C@@H]2N=C(c3[c-]c(Oc4ccc5cccc(O)c5n4)ccc3)N(c3c(-c4ccccc4)cc(-c4ccccc4)cc3-c3ccccc3)[C@@H]21.[Pt]. The van der Waals surface area contributed by atoms with Crippen molar-refractivity contribution in [1.29, 1.82) is 0 Å². The minimum absolute atomic E-state index is 0. The van der Waals surface area contributed by atoms with Crippen LogP contribution < -0.4 is 9.64 Å². The van der Waals surface area contributed by atoms with E-state index in [-0.39, 0.29) is 44.3 Å². The number of anilines is 1. The molecule has 7 aromatic carbocycles. The number of amidine groups is 1. The van der Waals surface area contributed by atoms with Gasteiger partial charge < -0.3 is 19.7 Å². The number of nitrogens with zero attached hydrogens (tertiary/aromatic N) is 3. The number of benzene rings is 7. The van der Waals surface area contributed by atoms with E-state index in [1.165, 1.54) is 11.1 Å². The monoisotopic (exact) mass is 933 g/mol. The first kappa shape index (κ1) is 37.3. The fourth-order valence-corrected chi connectivity index (χ4v) is 8.87. The molecule has 58 heavy (non-hydrogen) atoms. The summed E-state index contributed by atoms with van der Waals surface area (Å²) in [6.07, 6.45) is 0.917. The van der Waals surface area contributed by atoms with Gasteiger partial charge in [-0.2, -0.15) is 0 Å². The van der Waals surface area contributed by atoms with Gasteiger partial charge in [0.05, 0.1) is 23.6 Å². The number of fused-ring (bicyclic) bond motifs is 4. The maximum absolute atomic E-state index is 10.5. The topological polar surface area (TPSA) is 58.0 Å². The Balaban J connectivity index is 0.00000436. The van der Waals surface area contributed by atoms with Gasteiger partial charge in [0.25, 0.3) is 0 Å². The van der Waals surface area contributed by atoms with Crippen molar-refractivity contribution < 1.29 is 30.9 Å². The molecule has 2 aliphatic rings. The predicted molar refractivity (Wildman–Crippen MR) is 231 cm³/mol. The van der Waals surface area contributed by atoms with Crippen LogP contribution in [-0.2, 0) is 27.5 Å². The van der Waals surface area contributed by atoms with Crippen molar-refractivity contribution in [3.63, 3.8) is 0 Å². The number of para-hydroxylation sites is 1. The standard InChI is InChI=1S/C52H40N3O2.Pt/c1-52(2)33-39-22-12-13-26-42(39)48-50(52)55(51(54-48)38-24-14-25-41(30-38)57-46-29-28-37-23-15-27-45(56)47(37)53-46)49-43(35-18-8-4-9-19-35)31-40(34-16-6-3-7-17-34)32-44(49)36-20-10-5-11-21-36;/h3-29,31-32,48,50,56H,33H2,1-2H3;/q-1;/t48-,50-;/m0./s1. The van der Waals surface area contributed by atoms with Crippen molar-refractivity contribution in [3.05, 3.63) is 199 Å². The summed E-state index contributed by atoms with van der Waals surface area (Å²) in [5.41, 5.74) is 11.7. The second-order valence-electron chi connectivity index (χ2n) is 15.6. The molecule has 10 rings (SSSR count). The molecule has 2 heterocycles. The van der Waals surface area contributed by atoms with Crippen molar-refractivity contribution in [2.24, 2.45) is 10.4 Å². The zero-order chi connectivity index (χ0) is 38.5. The first-order chi connectivity index (χ1) is 27.9. The summed E-state index contributed by atoms with van der Waals surface area (Å²) in [5.74, 6) is 1.84. The van der Waals surface area contributed by atoms with Crippen LogP contribution in [0.5, 0.6) is 17.4 Å². The van der Waals surface area contributed by atoms with E-state index in [2.05, 4.69) is 163 Å². The smallest absolute Gasteiger partial charge is 0.217 e. The first-order valence-corrected chi connectivity index (χ1v) is 19.5. The molecule has 1 aliphatic carbocycles. The molecule has 2 atom stereocenters. The van der Waals surface area contributed by atoms with Gasteiger partial charge in [-0.05, 0) is 69.5 Å². The summed E-state index contributed by atoms with van der Waals surface area (Å²) in [6.45, 7) is 4.78. The minimum atomic E-state index is -0.171. The molecule has 0 saturated carbocycles. The average Bonchev–Trinajstić information content (AvgIpc) is 3.67. The van der Waals surface area contributed by atoms with Crippen molar-refractivity contribution in [2.45, 2.75) is 32.4 Å². The van der Waals surface area contributed by atoms with Crippen LogP contribution >= 0.6 is 0 Å². The van der Waals surface area contributed by atoms with Gasteiger partial charge >= 0.3 is 0 Å². The van der Waals surface area contributed by atoms with Crippen LogP contribution in [0.3, 0.4) is 0 Å². The van der Waals surface area contributed by atoms with Crippen LogP contribution in [0.4, 0.5) is 5.69 Å². The number of phenols is 1. The Kier molecular flexibility index (Phi) is 9.79. The molecule has 0 fully saturated rings. The summed E-state index contributed by atoms with van der Waals surface area (Å²) in [7, 11) is 0. The van der Waals surface area contributed by atoms with Gasteiger partial charge in [0.1, 0.15) is 11.3 Å². The molecule has 1 aromatic heterocycles. The van der Waals surface area contributed by atoms with Gasteiger partial charge in [0.2, 0.25) is 5.88 Å². The molecule has 286 valence electrons. The average molecular weight is 934 g/mol. The van der Waals surface area contributed by atoms with Crippen molar-refractivity contribution in [1.82, 2.24) is 4.98 Å². The molecule has 0 amide bonds. The maximum atomic E-state index is 10.5. The molecule has 8 aromatic rings. The second-order valence-corrected chi connectivity index (χ2v) is 15.6. The zero-order valence-electron chi connectivity index (χ0n) is 32.1. The fraction of sp³-hybridized carbons (Fsp3) is 0.115. The number of hydrogen-bond acceptors (Lipinski definition) is 5. The molecule has 0 radical (unpaired) electrons. The number of phenolic OH excluding ortho intramolecular Hbond substituents is 1. The first-order valence-electron chi connectivity index (χ1n) is 19.5. The van der Waals surface area contributed by atoms with Crippen LogP contribution in [0.25, 0.3) is 44.3 Å². The van der Waals surface area contributed by atoms with E-state index in [1.807, 2.05) is 36.4 Å². The third kappa shape index (κ3) is 6.70. The van der Waals surface area contributed by atoms with Crippen LogP contribution in [-0.4, -0.2) is 22.0 Å². The van der Waals surface area contributed by atoms with Crippen molar-refractivity contribution in [2.75, 3.05) is 4.90 Å². The van der Waals surface area contributed by atoms with Gasteiger partial charge in [-0.1, -0.05) is 147 Å². The predicted octanol–water partition coefficient (Wildman–Crippen LogP) is 12.5. The minimum Gasteiger partial charge on any atom is -0.506 e. The number of aromatic hydroxyl groups is 1. The number of rotatable bonds is 7. The Hall–Kier alpha value is -6.29. The summed E-state index contributed by atoms with van der Waals surface area (Å²) >= 11 is 0. The number of aliphatic imine (C=N–C) groups is 1. The third-order valence-corrected chi connectivity index (χ3v) is 11.4. The van der Waals surface area contributed by atoms with E-state index in [9.17, 15) is 5.11 Å². The molecule has 0 spiro atoms. The molecular weight excluding hydrogens is 894 g/mol. The van der Waals surface area contributed by atoms with E-state index in [0.29, 0.717) is 17.1 Å². The Morgan fingerprint density at radius 2 is 1.28 bits per heavy atom. The van der Waals surface area contributed by atoms with Gasteiger partial charge in [0.15, 0.2) is 0 Å². The third-order valence-electron chi connectivity index (χ3n) is 11.4. The van der Waals surface area contributed by atoms with Crippen LogP contribution in [0.15, 0.2) is 181 Å². The summed E-state index contributed by atoms with van der Waals surface area (Å²) in [4.78, 5) is 12.9. The molecule has 0 unspecified atom stereocenters. The second kappa shape index (κ2) is 15.2. The molecule has 5 nitrogen and oxygen atoms in total. The summed E-state index contributed by atoms with van der Waals surface area (Å²) < 4.78 is 6.40. The quantitative estimate of drug-likeness (QED) is 0.162. The van der Waals surface area contributed by atoms with Crippen LogP contribution in [0.1, 0.15) is 36.6 Å². The number of ether oxygens (including phenoxy) is 1. The van der Waals surface area contributed by atoms with Gasteiger partial charge in [-0.25, -0.2) is 4.98 Å². The maximum Gasteiger partial charge on any atom is 0.217 e. The Bertz CT molecular complexity index is 2740. The van der Waals surface area contributed by atoms with Gasteiger partial charge in [-0.15, -0.1) is 23.8 Å². The Morgan fingerprint density at radius 3 is 1.97 bits per heavy atom. The summed E-state index contributed by atoms with van der Waals surface area (Å²) in [6, 6.07) is 64.2. The molecule has 6 heteroatoms. The Labute approximate surface area is 353 Å². The molecule has 0 bridgehead atoms. The zero-order valence-corrected chi connectivity index (χ0v) is 34.4. The Morgan fingerprint density at radius 1 is 0.655 bits per heavy atom. The van der Waals surface area contributed by atoms with E-state index in [0.717, 1.165) is 62.3 Å². The largest absolute Gasteiger partial charge is 0.506 e. The van der Waals surface area contributed by atoms with Crippen molar-refractivity contribution >= 4 is 22.4 Å². The fourth-order valence-electron chi connectivity index (χ4n) is 8.87. The molecule has 1 N–H and O–H groups in total. The van der Waals surface area contributed by atoms with Crippen LogP contribution in [0.2, 0.25) is 0 Å². The van der Waals surface area contributed by atoms with Gasteiger partial charge in [-0.3, -0.25) is 0 Å². The number of pyridine rings is 1. The summed E-state index contributed by atoms with van der Waals surface area (Å²) in [5, 5.41) is 11.4. The number of hydrogen-bond donors (Lipinski definition) is 1. The van der Waals surface area contributed by atoms with E-state index < -0.39 is 0 Å². The van der Waals surface area contributed by atoms with Crippen molar-refractivity contribution in [3.8, 4) is 50.8 Å². The molecular formula is C52H40N3O2Pt-. The van der Waals surface area contributed by atoms with Gasteiger partial charge in [0, 0.05) is 49.4 Å². The van der Waals surface area contributed by atoms with E-state index in [4.69, 9.17) is 9.73 Å². The van der Waals surface area contributed by atoms with E-state index in [1.54, 1.807) is 6.07 Å². The normalized spacial score (nSPS) is 16.5.